The quantitative estimate of drug-likeness (QED) is 0.901. The average Bonchev–Trinajstić information content (AvgIpc) is 2.75. The molecule has 0 aliphatic carbocycles. The van der Waals surface area contributed by atoms with E-state index in [-0.39, 0.29) is 0 Å². The van der Waals surface area contributed by atoms with Crippen LogP contribution in [0.1, 0.15) is 12.7 Å². The fraction of sp³-hybridized carbons (Fsp3) is 0.667. The molecule has 5 heteroatoms. The van der Waals surface area contributed by atoms with Crippen LogP contribution in [-0.2, 0) is 11.3 Å². The highest BCUT2D eigenvalue weighted by molar-refractivity contribution is 9.10. The Morgan fingerprint density at radius 3 is 3.12 bits per heavy atom. The summed E-state index contributed by atoms with van der Waals surface area (Å²) in [4.78, 5) is 2.42. The second-order valence-electron chi connectivity index (χ2n) is 4.22. The topological polar surface area (TPSA) is 37.6 Å². The Bertz CT molecular complexity index is 343. The van der Waals surface area contributed by atoms with Crippen molar-refractivity contribution in [1.29, 1.82) is 0 Å². The summed E-state index contributed by atoms with van der Waals surface area (Å²) in [6.07, 6.45) is 0.294. The number of nitrogens with zero attached hydrogens (tertiary/aromatic N) is 1. The maximum atomic E-state index is 5.71. The van der Waals surface area contributed by atoms with Gasteiger partial charge in [0.1, 0.15) is 5.76 Å². The highest BCUT2D eigenvalue weighted by Gasteiger charge is 2.18. The molecule has 0 saturated carbocycles. The minimum absolute atomic E-state index is 0.294. The molecule has 2 heterocycles. The second kappa shape index (κ2) is 6.54. The molecule has 1 atom stereocenters. The number of likely N-dealkylation sites (N-methyl/N-ethyl adjacent to an activating group) is 1. The molecule has 17 heavy (non-hydrogen) atoms. The molecule has 1 aromatic heterocycles. The molecule has 0 spiro atoms. The minimum atomic E-state index is 0.294. The molecule has 1 unspecified atom stereocenters. The first-order chi connectivity index (χ1) is 8.28. The normalized spacial score (nSPS) is 21.9. The van der Waals surface area contributed by atoms with E-state index < -0.39 is 0 Å². The lowest BCUT2D eigenvalue weighted by Crippen LogP contribution is -2.46. The monoisotopic (exact) mass is 302 g/mol. The third-order valence-electron chi connectivity index (χ3n) is 2.97. The average molecular weight is 303 g/mol. The molecule has 0 amide bonds. The van der Waals surface area contributed by atoms with Gasteiger partial charge in [0, 0.05) is 19.6 Å². The number of morpholine rings is 1. The zero-order valence-electron chi connectivity index (χ0n) is 10.1. The lowest BCUT2D eigenvalue weighted by Gasteiger charge is -2.32. The van der Waals surface area contributed by atoms with E-state index in [1.807, 2.05) is 12.1 Å². The van der Waals surface area contributed by atoms with Crippen molar-refractivity contribution >= 4 is 15.9 Å². The lowest BCUT2D eigenvalue weighted by molar-refractivity contribution is -0.0255. The van der Waals surface area contributed by atoms with Crippen molar-refractivity contribution in [3.8, 4) is 0 Å². The molecule has 0 bridgehead atoms. The van der Waals surface area contributed by atoms with Crippen LogP contribution < -0.4 is 5.32 Å². The molecule has 1 aliphatic rings. The van der Waals surface area contributed by atoms with Crippen molar-refractivity contribution in [3.63, 3.8) is 0 Å². The first-order valence-corrected chi connectivity index (χ1v) is 6.86. The molecule has 96 valence electrons. The van der Waals surface area contributed by atoms with Gasteiger partial charge in [-0.2, -0.15) is 0 Å². The standard InChI is InChI=1S/C12H19BrN2O2/c1-2-15-5-6-16-11(9-15)8-14-7-10-3-4-12(13)17-10/h3-4,11,14H,2,5-9H2,1H3. The van der Waals surface area contributed by atoms with Crippen molar-refractivity contribution in [2.75, 3.05) is 32.8 Å². The largest absolute Gasteiger partial charge is 0.453 e. The van der Waals surface area contributed by atoms with Crippen LogP contribution in [0.15, 0.2) is 21.2 Å². The summed E-state index contributed by atoms with van der Waals surface area (Å²) < 4.78 is 11.9. The third-order valence-corrected chi connectivity index (χ3v) is 3.40. The predicted molar refractivity (Wildman–Crippen MR) is 70.0 cm³/mol. The second-order valence-corrected chi connectivity index (χ2v) is 5.00. The van der Waals surface area contributed by atoms with E-state index >= 15 is 0 Å². The molecule has 1 aromatic rings. The van der Waals surface area contributed by atoms with Gasteiger partial charge < -0.3 is 14.5 Å². The number of halogens is 1. The summed E-state index contributed by atoms with van der Waals surface area (Å²) >= 11 is 3.29. The molecule has 1 N–H and O–H groups in total. The van der Waals surface area contributed by atoms with E-state index in [1.165, 1.54) is 0 Å². The van der Waals surface area contributed by atoms with Crippen LogP contribution in [0.25, 0.3) is 0 Å². The Labute approximate surface area is 110 Å². The highest BCUT2D eigenvalue weighted by Crippen LogP contribution is 2.13. The van der Waals surface area contributed by atoms with Gasteiger partial charge in [0.25, 0.3) is 0 Å². The molecule has 0 radical (unpaired) electrons. The maximum Gasteiger partial charge on any atom is 0.169 e. The number of nitrogens with one attached hydrogen (secondary N) is 1. The number of furan rings is 1. The molecule has 1 saturated heterocycles. The molecular weight excluding hydrogens is 284 g/mol. The zero-order chi connectivity index (χ0) is 12.1. The Kier molecular flexibility index (Phi) is 5.03. The van der Waals surface area contributed by atoms with Crippen LogP contribution in [0.3, 0.4) is 0 Å². The fourth-order valence-electron chi connectivity index (χ4n) is 1.99. The zero-order valence-corrected chi connectivity index (χ0v) is 11.7. The molecule has 1 aliphatic heterocycles. The Hall–Kier alpha value is -0.360. The van der Waals surface area contributed by atoms with Gasteiger partial charge in [0.05, 0.1) is 19.3 Å². The van der Waals surface area contributed by atoms with E-state index in [9.17, 15) is 0 Å². The highest BCUT2D eigenvalue weighted by atomic mass is 79.9. The first-order valence-electron chi connectivity index (χ1n) is 6.07. The predicted octanol–water partition coefficient (Wildman–Crippen LogP) is 1.85. The van der Waals surface area contributed by atoms with Crippen LogP contribution >= 0.6 is 15.9 Å². The van der Waals surface area contributed by atoms with Gasteiger partial charge in [-0.1, -0.05) is 6.92 Å². The van der Waals surface area contributed by atoms with E-state index in [2.05, 4.69) is 33.1 Å². The molecule has 0 aromatic carbocycles. The van der Waals surface area contributed by atoms with Gasteiger partial charge in [-0.15, -0.1) is 0 Å². The van der Waals surface area contributed by atoms with Gasteiger partial charge in [-0.25, -0.2) is 0 Å². The van der Waals surface area contributed by atoms with Crippen molar-refractivity contribution in [1.82, 2.24) is 10.2 Å². The Morgan fingerprint density at radius 2 is 2.41 bits per heavy atom. The van der Waals surface area contributed by atoms with E-state index in [1.54, 1.807) is 0 Å². The van der Waals surface area contributed by atoms with Crippen molar-refractivity contribution < 1.29 is 9.15 Å². The summed E-state index contributed by atoms with van der Waals surface area (Å²) in [5, 5.41) is 3.36. The van der Waals surface area contributed by atoms with Crippen molar-refractivity contribution in [2.45, 2.75) is 19.6 Å². The van der Waals surface area contributed by atoms with E-state index in [4.69, 9.17) is 9.15 Å². The summed E-state index contributed by atoms with van der Waals surface area (Å²) in [5.41, 5.74) is 0. The Balaban J connectivity index is 1.68. The van der Waals surface area contributed by atoms with Crippen molar-refractivity contribution in [3.05, 3.63) is 22.6 Å². The van der Waals surface area contributed by atoms with Crippen molar-refractivity contribution in [2.24, 2.45) is 0 Å². The van der Waals surface area contributed by atoms with Crippen LogP contribution in [0.4, 0.5) is 0 Å². The minimum Gasteiger partial charge on any atom is -0.453 e. The molecular formula is C12H19BrN2O2. The molecule has 1 fully saturated rings. The van der Waals surface area contributed by atoms with Crippen LogP contribution in [0, 0.1) is 0 Å². The lowest BCUT2D eigenvalue weighted by atomic mass is 10.2. The Morgan fingerprint density at radius 1 is 1.53 bits per heavy atom. The number of ether oxygens (including phenoxy) is 1. The number of hydrogen-bond donors (Lipinski definition) is 1. The van der Waals surface area contributed by atoms with Gasteiger partial charge >= 0.3 is 0 Å². The van der Waals surface area contributed by atoms with Gasteiger partial charge in [0.2, 0.25) is 0 Å². The van der Waals surface area contributed by atoms with Gasteiger partial charge in [-0.05, 0) is 34.6 Å². The summed E-state index contributed by atoms with van der Waals surface area (Å²) in [6.45, 7) is 7.82. The molecule has 4 nitrogen and oxygen atoms in total. The van der Waals surface area contributed by atoms with Crippen LogP contribution in [-0.4, -0.2) is 43.8 Å². The number of hydrogen-bond acceptors (Lipinski definition) is 4. The number of rotatable bonds is 5. The first kappa shape index (κ1) is 13.1. The van der Waals surface area contributed by atoms with E-state index in [0.29, 0.717) is 6.10 Å². The fourth-order valence-corrected chi connectivity index (χ4v) is 2.33. The van der Waals surface area contributed by atoms with Crippen LogP contribution in [0.5, 0.6) is 0 Å². The van der Waals surface area contributed by atoms with Gasteiger partial charge in [0.15, 0.2) is 4.67 Å². The smallest absolute Gasteiger partial charge is 0.169 e. The maximum absolute atomic E-state index is 5.71. The third kappa shape index (κ3) is 4.10. The molecule has 2 rings (SSSR count). The van der Waals surface area contributed by atoms with E-state index in [0.717, 1.165) is 49.8 Å². The summed E-state index contributed by atoms with van der Waals surface area (Å²) in [5.74, 6) is 0.944. The summed E-state index contributed by atoms with van der Waals surface area (Å²) in [7, 11) is 0. The van der Waals surface area contributed by atoms with Crippen LogP contribution in [0.2, 0.25) is 0 Å². The van der Waals surface area contributed by atoms with Gasteiger partial charge in [-0.3, -0.25) is 4.90 Å². The SMILES string of the molecule is CCN1CCOC(CNCc2ccc(Br)o2)C1. The summed E-state index contributed by atoms with van der Waals surface area (Å²) in [6, 6.07) is 3.88.